The molecule has 1 unspecified atom stereocenters. The van der Waals surface area contributed by atoms with E-state index in [1.807, 2.05) is 0 Å². The number of primary amides is 2. The number of phenolic OH excluding ortho intramolecular Hbond substituents is 1. The van der Waals surface area contributed by atoms with Gasteiger partial charge in [-0.15, -0.1) is 0 Å². The predicted molar refractivity (Wildman–Crippen MR) is 244 cm³/mol. The van der Waals surface area contributed by atoms with Crippen molar-refractivity contribution in [3.05, 3.63) is 29.8 Å². The van der Waals surface area contributed by atoms with E-state index in [1.54, 1.807) is 13.8 Å². The molecule has 3 rings (SSSR count). The van der Waals surface area contributed by atoms with Gasteiger partial charge in [0.1, 0.15) is 54.1 Å². The van der Waals surface area contributed by atoms with Crippen LogP contribution in [0.4, 0.5) is 0 Å². The third kappa shape index (κ3) is 17.5. The lowest BCUT2D eigenvalue weighted by molar-refractivity contribution is -0.142. The Morgan fingerprint density at radius 2 is 1.45 bits per heavy atom. The van der Waals surface area contributed by atoms with Crippen LogP contribution in [0.1, 0.15) is 64.9 Å². The number of aromatic hydroxyl groups is 1. The Morgan fingerprint density at radius 1 is 0.836 bits per heavy atom. The molecule has 24 nitrogen and oxygen atoms in total. The number of nitrogens with two attached hydrogens (primary N) is 3. The number of nitrogens with zero attached hydrogens (tertiary/aromatic N) is 1. The fourth-order valence-electron chi connectivity index (χ4n) is 7.03. The van der Waals surface area contributed by atoms with Crippen LogP contribution in [0.5, 0.6) is 5.75 Å². The number of amides is 10. The van der Waals surface area contributed by atoms with E-state index in [2.05, 4.69) is 37.2 Å². The number of carbonyl (C=O) groups is 10. The molecule has 0 aromatic heterocycles. The fourth-order valence-corrected chi connectivity index (χ4v) is 9.24. The van der Waals surface area contributed by atoms with Crippen LogP contribution in [0.15, 0.2) is 24.3 Å². The highest BCUT2D eigenvalue weighted by Gasteiger charge is 2.41. The molecule has 10 atom stereocenters. The zero-order valence-electron chi connectivity index (χ0n) is 37.5. The number of likely N-dealkylation sites (tertiary alicyclic amines) is 1. The maximum Gasteiger partial charge on any atom is 0.250 e. The van der Waals surface area contributed by atoms with E-state index < -0.39 is 132 Å². The van der Waals surface area contributed by atoms with Crippen molar-refractivity contribution in [2.45, 2.75) is 120 Å². The van der Waals surface area contributed by atoms with Gasteiger partial charge in [0.05, 0.1) is 19.1 Å². The Morgan fingerprint density at radius 3 is 2.06 bits per heavy atom. The van der Waals surface area contributed by atoms with Crippen molar-refractivity contribution in [3.63, 3.8) is 0 Å². The van der Waals surface area contributed by atoms with Gasteiger partial charge in [0.2, 0.25) is 59.1 Å². The van der Waals surface area contributed by atoms with Crippen LogP contribution in [-0.4, -0.2) is 165 Å². The smallest absolute Gasteiger partial charge is 0.250 e. The maximum absolute atomic E-state index is 14.4. The summed E-state index contributed by atoms with van der Waals surface area (Å²) in [6, 6.07) is -4.38. The summed E-state index contributed by atoms with van der Waals surface area (Å²) in [6.07, 6.45) is -3.15. The van der Waals surface area contributed by atoms with Crippen molar-refractivity contribution in [1.29, 1.82) is 0 Å². The molecule has 1 aromatic rings. The van der Waals surface area contributed by atoms with Gasteiger partial charge in [0, 0.05) is 24.5 Å². The molecule has 0 aliphatic carbocycles. The van der Waals surface area contributed by atoms with Gasteiger partial charge in [0.15, 0.2) is 0 Å². The number of aliphatic hydroxyl groups excluding tert-OH is 2. The molecule has 2 saturated heterocycles. The molecule has 0 radical (unpaired) electrons. The number of rotatable bonds is 16. The lowest BCUT2D eigenvalue weighted by Crippen LogP contribution is -2.63. The molecule has 0 bridgehead atoms. The quantitative estimate of drug-likeness (QED) is 0.0692. The number of carbonyl (C=O) groups excluding carboxylic acids is 10. The minimum atomic E-state index is -1.79. The van der Waals surface area contributed by atoms with Crippen molar-refractivity contribution in [2.24, 2.45) is 23.1 Å². The largest absolute Gasteiger partial charge is 0.508 e. The van der Waals surface area contributed by atoms with Crippen molar-refractivity contribution in [3.8, 4) is 5.75 Å². The second kappa shape index (κ2) is 27.2. The lowest BCUT2D eigenvalue weighted by atomic mass is 9.96. The Kier molecular flexibility index (Phi) is 22.6. The van der Waals surface area contributed by atoms with Gasteiger partial charge < -0.3 is 74.6 Å². The summed E-state index contributed by atoms with van der Waals surface area (Å²) in [6.45, 7) is 4.21. The average Bonchev–Trinajstić information content (AvgIpc) is 3.78. The number of benzene rings is 1. The van der Waals surface area contributed by atoms with Crippen LogP contribution in [0.25, 0.3) is 0 Å². The molecule has 2 heterocycles. The van der Waals surface area contributed by atoms with E-state index in [4.69, 9.17) is 17.2 Å². The van der Waals surface area contributed by atoms with Gasteiger partial charge in [-0.25, -0.2) is 0 Å². The molecule has 2 fully saturated rings. The van der Waals surface area contributed by atoms with Crippen molar-refractivity contribution < 1.29 is 63.3 Å². The molecular formula is C41H63N11O13S2. The molecule has 10 amide bonds. The molecule has 67 heavy (non-hydrogen) atoms. The summed E-state index contributed by atoms with van der Waals surface area (Å²) in [5.74, 6) is -10.4. The summed E-state index contributed by atoms with van der Waals surface area (Å²) in [5.41, 5.74) is 16.7. The third-order valence-electron chi connectivity index (χ3n) is 11.0. The maximum atomic E-state index is 14.4. The van der Waals surface area contributed by atoms with Crippen LogP contribution < -0.4 is 54.4 Å². The molecule has 1 aromatic carbocycles. The van der Waals surface area contributed by atoms with E-state index >= 15 is 0 Å². The van der Waals surface area contributed by atoms with Crippen molar-refractivity contribution >= 4 is 80.7 Å². The first-order valence-corrected chi connectivity index (χ1v) is 24.2. The molecule has 372 valence electrons. The Hall–Kier alpha value is -5.70. The molecule has 2 aliphatic rings. The highest BCUT2D eigenvalue weighted by atomic mass is 33.1. The Bertz CT molecular complexity index is 1950. The Labute approximate surface area is 394 Å². The topological polar surface area (TPSA) is 397 Å². The molecule has 0 saturated carbocycles. The summed E-state index contributed by atoms with van der Waals surface area (Å²) < 4.78 is 0. The highest BCUT2D eigenvalue weighted by Crippen LogP contribution is 2.26. The molecular weight excluding hydrogens is 919 g/mol. The molecule has 26 heteroatoms. The zero-order valence-corrected chi connectivity index (χ0v) is 39.1. The molecule has 16 N–H and O–H groups in total. The summed E-state index contributed by atoms with van der Waals surface area (Å²) in [7, 11) is 1.83. The third-order valence-corrected chi connectivity index (χ3v) is 13.4. The van der Waals surface area contributed by atoms with Gasteiger partial charge in [-0.3, -0.25) is 47.9 Å². The standard InChI is InChI=1S/C41H63N11O13S2/c1-4-20(2)32-39(63)51-33(21(3)53)40(64)48-26(16-30(43)56)35(59)49-27(18-66-67-19-29(55)38(62)47-25(36(60)50-32)15-22-9-11-23(54)12-10-22)41(65)52-14-6-8-28(52)37(61)46-24(7-5-13-42)34(58)45-17-31(44)57/h9-12,20-21,24-29,32-33,53-55H,4-8,13-19,42H2,1-3H3,(H2,43,56)(H2,44,57)(H,45,58)(H,46,61)(H,47,62)(H,48,64)(H,49,59)(H,50,60)(H,51,63)/t20-,21+,24-,25-,26-,27-,28-,29?,32-,33-/m0/s1. The number of nitrogens with one attached hydrogen (secondary N) is 7. The van der Waals surface area contributed by atoms with Crippen LogP contribution in [-0.2, 0) is 54.4 Å². The second-order valence-electron chi connectivity index (χ2n) is 16.3. The van der Waals surface area contributed by atoms with E-state index in [-0.39, 0.29) is 49.6 Å². The van der Waals surface area contributed by atoms with Gasteiger partial charge in [-0.05, 0) is 62.8 Å². The second-order valence-corrected chi connectivity index (χ2v) is 18.8. The minimum Gasteiger partial charge on any atom is -0.508 e. The monoisotopic (exact) mass is 981 g/mol. The van der Waals surface area contributed by atoms with E-state index in [1.165, 1.54) is 29.2 Å². The van der Waals surface area contributed by atoms with E-state index in [9.17, 15) is 63.3 Å². The van der Waals surface area contributed by atoms with Crippen molar-refractivity contribution in [2.75, 3.05) is 31.1 Å². The Balaban J connectivity index is 2.02. The SMILES string of the molecule is CC[C@H](C)[C@@H]1NC(=O)[C@H](Cc2ccc(O)cc2)NC(=O)C(O)CSSC[C@@H](C(=O)N2CCC[C@H]2C(=O)N[C@@H](CCCN)C(=O)NCC(N)=O)NC(=O)[C@H](CC(N)=O)NC(=O)[C@H]([C@@H](C)O)NC1=O. The number of phenols is 1. The van der Waals surface area contributed by atoms with Crippen LogP contribution in [0.3, 0.4) is 0 Å². The van der Waals surface area contributed by atoms with E-state index in [0.717, 1.165) is 28.5 Å². The summed E-state index contributed by atoms with van der Waals surface area (Å²) in [4.78, 5) is 135. The van der Waals surface area contributed by atoms with Crippen LogP contribution in [0, 0.1) is 5.92 Å². The normalized spacial score (nSPS) is 25.1. The highest BCUT2D eigenvalue weighted by molar-refractivity contribution is 8.76. The lowest BCUT2D eigenvalue weighted by Gasteiger charge is -2.31. The fraction of sp³-hybridized carbons (Fsp3) is 0.610. The molecule has 0 spiro atoms. The van der Waals surface area contributed by atoms with Crippen molar-refractivity contribution in [1.82, 2.24) is 42.1 Å². The van der Waals surface area contributed by atoms with E-state index in [0.29, 0.717) is 24.8 Å². The van der Waals surface area contributed by atoms with Crippen LogP contribution in [0.2, 0.25) is 0 Å². The minimum absolute atomic E-state index is 0.0229. The number of hydrogen-bond acceptors (Lipinski definition) is 16. The summed E-state index contributed by atoms with van der Waals surface area (Å²) in [5, 5.41) is 48.8. The molecule has 2 aliphatic heterocycles. The van der Waals surface area contributed by atoms with Gasteiger partial charge >= 0.3 is 0 Å². The number of aliphatic hydroxyl groups is 2. The van der Waals surface area contributed by atoms with Gasteiger partial charge in [-0.1, -0.05) is 54.0 Å². The van der Waals surface area contributed by atoms with Gasteiger partial charge in [0.25, 0.3) is 0 Å². The zero-order chi connectivity index (χ0) is 50.0. The number of hydrogen-bond donors (Lipinski definition) is 13. The van der Waals surface area contributed by atoms with Crippen LogP contribution >= 0.6 is 21.6 Å². The first-order valence-electron chi connectivity index (χ1n) is 21.7. The van der Waals surface area contributed by atoms with Gasteiger partial charge in [-0.2, -0.15) is 0 Å². The first-order chi connectivity index (χ1) is 31.7. The summed E-state index contributed by atoms with van der Waals surface area (Å²) >= 11 is 0. The predicted octanol–water partition coefficient (Wildman–Crippen LogP) is -4.77. The first kappa shape index (κ1) is 55.6. The average molecular weight is 982 g/mol.